The van der Waals surface area contributed by atoms with Gasteiger partial charge in [0.25, 0.3) is 0 Å². The van der Waals surface area contributed by atoms with E-state index in [0.29, 0.717) is 10.7 Å². The monoisotopic (exact) mass is 290 g/mol. The number of nitrogen functional groups attached to an aromatic ring is 1. The summed E-state index contributed by atoms with van der Waals surface area (Å²) in [5, 5.41) is 1.57. The van der Waals surface area contributed by atoms with Crippen LogP contribution < -0.4 is 5.73 Å². The number of benzene rings is 1. The van der Waals surface area contributed by atoms with Gasteiger partial charge in [-0.25, -0.2) is 15.0 Å². The Morgan fingerprint density at radius 2 is 1.95 bits per heavy atom. The molecular formula is C13H11ClN4S. The van der Waals surface area contributed by atoms with Gasteiger partial charge in [0.2, 0.25) is 5.95 Å². The molecule has 0 spiro atoms. The number of halogens is 1. The van der Waals surface area contributed by atoms with E-state index in [4.69, 9.17) is 17.3 Å². The molecule has 0 amide bonds. The lowest BCUT2D eigenvalue weighted by Crippen LogP contribution is -1.97. The Kier molecular flexibility index (Phi) is 2.88. The number of aryl methyl sites for hydroxylation is 2. The molecule has 96 valence electrons. The minimum Gasteiger partial charge on any atom is -0.368 e. The fourth-order valence-electron chi connectivity index (χ4n) is 1.94. The molecule has 1 aromatic carbocycles. The summed E-state index contributed by atoms with van der Waals surface area (Å²) in [6.45, 7) is 3.93. The minimum atomic E-state index is 0.239. The third kappa shape index (κ3) is 2.15. The number of hydrogen-bond acceptors (Lipinski definition) is 5. The maximum Gasteiger partial charge on any atom is 0.222 e. The van der Waals surface area contributed by atoms with Crippen LogP contribution in [-0.2, 0) is 0 Å². The van der Waals surface area contributed by atoms with Crippen molar-refractivity contribution >= 4 is 39.2 Å². The first-order chi connectivity index (χ1) is 9.04. The number of aromatic nitrogens is 3. The predicted octanol–water partition coefficient (Wildman–Crippen LogP) is 3.61. The second kappa shape index (κ2) is 4.43. The molecule has 2 heterocycles. The normalized spacial score (nSPS) is 11.1. The third-order valence-electron chi connectivity index (χ3n) is 2.76. The second-order valence-electron chi connectivity index (χ2n) is 4.30. The van der Waals surface area contributed by atoms with Gasteiger partial charge in [-0.3, -0.25) is 0 Å². The minimum absolute atomic E-state index is 0.239. The lowest BCUT2D eigenvalue weighted by Gasteiger charge is -2.06. The molecule has 0 aliphatic heterocycles. The third-order valence-corrected chi connectivity index (χ3v) is 3.94. The average Bonchev–Trinajstić information content (AvgIpc) is 2.68. The summed E-state index contributed by atoms with van der Waals surface area (Å²) in [6.07, 6.45) is 0. The van der Waals surface area contributed by atoms with E-state index in [2.05, 4.69) is 15.0 Å². The van der Waals surface area contributed by atoms with Crippen molar-refractivity contribution in [2.75, 3.05) is 5.73 Å². The van der Waals surface area contributed by atoms with Crippen molar-refractivity contribution in [3.63, 3.8) is 0 Å². The molecule has 2 N–H and O–H groups in total. The Morgan fingerprint density at radius 1 is 1.16 bits per heavy atom. The fraction of sp³-hybridized carbons (Fsp3) is 0.154. The van der Waals surface area contributed by atoms with Crippen LogP contribution in [0.2, 0.25) is 5.02 Å². The number of thiazole rings is 1. The second-order valence-corrected chi connectivity index (χ2v) is 5.89. The van der Waals surface area contributed by atoms with Crippen molar-refractivity contribution in [3.8, 4) is 11.3 Å². The van der Waals surface area contributed by atoms with Crippen molar-refractivity contribution in [2.45, 2.75) is 13.8 Å². The maximum atomic E-state index is 6.30. The van der Waals surface area contributed by atoms with Crippen LogP contribution >= 0.6 is 22.9 Å². The molecule has 3 aromatic rings. The van der Waals surface area contributed by atoms with E-state index in [0.717, 1.165) is 26.5 Å². The lowest BCUT2D eigenvalue weighted by molar-refractivity contribution is 1.23. The number of hydrogen-bond donors (Lipinski definition) is 1. The van der Waals surface area contributed by atoms with Crippen LogP contribution in [0.5, 0.6) is 0 Å². The molecule has 0 radical (unpaired) electrons. The number of nitrogens with two attached hydrogens (primary N) is 1. The van der Waals surface area contributed by atoms with Crippen molar-refractivity contribution in [3.05, 3.63) is 33.8 Å². The molecule has 19 heavy (non-hydrogen) atoms. The van der Waals surface area contributed by atoms with Crippen LogP contribution in [0.4, 0.5) is 5.95 Å². The Labute approximate surface area is 119 Å². The number of rotatable bonds is 1. The Hall–Kier alpha value is -1.72. The maximum absolute atomic E-state index is 6.30. The summed E-state index contributed by atoms with van der Waals surface area (Å²) in [7, 11) is 0. The molecular weight excluding hydrogens is 280 g/mol. The van der Waals surface area contributed by atoms with Gasteiger partial charge in [0, 0.05) is 5.56 Å². The van der Waals surface area contributed by atoms with Crippen molar-refractivity contribution in [1.29, 1.82) is 0 Å². The van der Waals surface area contributed by atoms with Gasteiger partial charge in [-0.05, 0) is 25.5 Å². The largest absolute Gasteiger partial charge is 0.368 e. The zero-order chi connectivity index (χ0) is 13.6. The number of nitrogens with zero attached hydrogens (tertiary/aromatic N) is 3. The van der Waals surface area contributed by atoms with Crippen LogP contribution in [0.1, 0.15) is 10.6 Å². The topological polar surface area (TPSA) is 64.7 Å². The van der Waals surface area contributed by atoms with Gasteiger partial charge < -0.3 is 5.73 Å². The van der Waals surface area contributed by atoms with E-state index in [9.17, 15) is 0 Å². The predicted molar refractivity (Wildman–Crippen MR) is 79.5 cm³/mol. The van der Waals surface area contributed by atoms with Crippen molar-refractivity contribution < 1.29 is 0 Å². The fourth-order valence-corrected chi connectivity index (χ4v) is 3.06. The SMILES string of the molecule is Cc1ccc(-c2nc(N)nc3sc(C)nc23)c(Cl)c1. The van der Waals surface area contributed by atoms with E-state index in [1.165, 1.54) is 11.3 Å². The molecule has 0 unspecified atom stereocenters. The molecule has 0 saturated heterocycles. The number of fused-ring (bicyclic) bond motifs is 1. The average molecular weight is 291 g/mol. The summed E-state index contributed by atoms with van der Waals surface area (Å²) in [6, 6.07) is 5.83. The Balaban J connectivity index is 2.35. The first-order valence-corrected chi connectivity index (χ1v) is 6.91. The standard InChI is InChI=1S/C13H11ClN4S/c1-6-3-4-8(9(14)5-6)10-11-12(18-13(15)17-10)19-7(2)16-11/h3-5H,1-2H3,(H2,15,17,18). The van der Waals surface area contributed by atoms with Gasteiger partial charge in [-0.1, -0.05) is 35.1 Å². The Bertz CT molecular complexity index is 782. The highest BCUT2D eigenvalue weighted by Gasteiger charge is 2.15. The van der Waals surface area contributed by atoms with E-state index in [1.807, 2.05) is 32.0 Å². The summed E-state index contributed by atoms with van der Waals surface area (Å²) in [4.78, 5) is 13.8. The highest BCUT2D eigenvalue weighted by Crippen LogP contribution is 2.33. The molecule has 6 heteroatoms. The molecule has 0 aliphatic carbocycles. The summed E-state index contributed by atoms with van der Waals surface area (Å²) in [5.74, 6) is 0.239. The van der Waals surface area contributed by atoms with E-state index in [-0.39, 0.29) is 5.95 Å². The van der Waals surface area contributed by atoms with Gasteiger partial charge >= 0.3 is 0 Å². The first-order valence-electron chi connectivity index (χ1n) is 5.72. The van der Waals surface area contributed by atoms with Gasteiger partial charge in [0.05, 0.1) is 10.0 Å². The molecule has 2 aromatic heterocycles. The molecule has 4 nitrogen and oxygen atoms in total. The zero-order valence-corrected chi connectivity index (χ0v) is 12.0. The van der Waals surface area contributed by atoms with Crippen LogP contribution in [-0.4, -0.2) is 15.0 Å². The number of anilines is 1. The molecule has 3 rings (SSSR count). The lowest BCUT2D eigenvalue weighted by atomic mass is 10.1. The van der Waals surface area contributed by atoms with Gasteiger partial charge in [-0.2, -0.15) is 0 Å². The summed E-state index contributed by atoms with van der Waals surface area (Å²) < 4.78 is 0. The summed E-state index contributed by atoms with van der Waals surface area (Å²) >= 11 is 7.80. The molecule has 0 bridgehead atoms. The van der Waals surface area contributed by atoms with Crippen molar-refractivity contribution in [1.82, 2.24) is 15.0 Å². The van der Waals surface area contributed by atoms with Gasteiger partial charge in [0.15, 0.2) is 0 Å². The zero-order valence-electron chi connectivity index (χ0n) is 10.4. The smallest absolute Gasteiger partial charge is 0.222 e. The van der Waals surface area contributed by atoms with Crippen LogP contribution in [0.3, 0.4) is 0 Å². The van der Waals surface area contributed by atoms with E-state index < -0.39 is 0 Å². The molecule has 0 aliphatic rings. The van der Waals surface area contributed by atoms with Crippen LogP contribution in [0.25, 0.3) is 21.6 Å². The molecule has 0 atom stereocenters. The van der Waals surface area contributed by atoms with E-state index >= 15 is 0 Å². The van der Waals surface area contributed by atoms with Gasteiger partial charge in [-0.15, -0.1) is 0 Å². The van der Waals surface area contributed by atoms with Gasteiger partial charge in [0.1, 0.15) is 16.0 Å². The van der Waals surface area contributed by atoms with E-state index in [1.54, 1.807) is 0 Å². The van der Waals surface area contributed by atoms with Crippen LogP contribution in [0, 0.1) is 13.8 Å². The van der Waals surface area contributed by atoms with Crippen LogP contribution in [0.15, 0.2) is 18.2 Å². The first kappa shape index (κ1) is 12.3. The summed E-state index contributed by atoms with van der Waals surface area (Å²) in [5.41, 5.74) is 9.14. The molecule has 0 fully saturated rings. The highest BCUT2D eigenvalue weighted by molar-refractivity contribution is 7.18. The highest BCUT2D eigenvalue weighted by atomic mass is 35.5. The van der Waals surface area contributed by atoms with Crippen molar-refractivity contribution in [2.24, 2.45) is 0 Å². The Morgan fingerprint density at radius 3 is 2.68 bits per heavy atom. The molecule has 0 saturated carbocycles. The quantitative estimate of drug-likeness (QED) is 0.743.